The number of aryl methyl sites for hydroxylation is 1. The van der Waals surface area contributed by atoms with Crippen LogP contribution in [0.1, 0.15) is 11.8 Å². The summed E-state index contributed by atoms with van der Waals surface area (Å²) < 4.78 is 0. The van der Waals surface area contributed by atoms with E-state index in [1.165, 1.54) is 10.3 Å². The molecule has 5 nitrogen and oxygen atoms in total. The van der Waals surface area contributed by atoms with Crippen LogP contribution < -0.4 is 10.2 Å². The van der Waals surface area contributed by atoms with Gasteiger partial charge in [0.15, 0.2) is 0 Å². The molecule has 0 unspecified atom stereocenters. The molecule has 0 bridgehead atoms. The molecule has 0 aromatic carbocycles. The zero-order chi connectivity index (χ0) is 14.1. The van der Waals surface area contributed by atoms with Crippen LogP contribution in [0.2, 0.25) is 0 Å². The first kappa shape index (κ1) is 13.6. The fraction of sp³-hybridized carbons (Fsp3) is 0.571. The Balaban J connectivity index is 2.02. The van der Waals surface area contributed by atoms with Gasteiger partial charge in [0.1, 0.15) is 10.6 Å². The van der Waals surface area contributed by atoms with E-state index in [1.54, 1.807) is 11.3 Å². The number of anilines is 2. The van der Waals surface area contributed by atoms with Crippen molar-refractivity contribution in [2.75, 3.05) is 50.0 Å². The molecule has 0 amide bonds. The van der Waals surface area contributed by atoms with Crippen molar-refractivity contribution in [1.82, 2.24) is 14.9 Å². The third kappa shape index (κ3) is 2.58. The smallest absolute Gasteiger partial charge is 0.226 e. The Bertz CT molecular complexity index is 601. The van der Waals surface area contributed by atoms with E-state index >= 15 is 0 Å². The number of nitrogens with one attached hydrogen (secondary N) is 1. The quantitative estimate of drug-likeness (QED) is 0.939. The molecule has 3 heterocycles. The maximum Gasteiger partial charge on any atom is 0.226 e. The van der Waals surface area contributed by atoms with Gasteiger partial charge in [-0.3, -0.25) is 0 Å². The van der Waals surface area contributed by atoms with Crippen LogP contribution in [-0.4, -0.2) is 54.6 Å². The molecule has 2 aromatic rings. The molecule has 0 spiro atoms. The van der Waals surface area contributed by atoms with E-state index in [-0.39, 0.29) is 0 Å². The van der Waals surface area contributed by atoms with E-state index in [4.69, 9.17) is 4.98 Å². The van der Waals surface area contributed by atoms with E-state index in [0.717, 1.165) is 49.3 Å². The van der Waals surface area contributed by atoms with Crippen molar-refractivity contribution >= 4 is 33.3 Å². The average Bonchev–Trinajstić information content (AvgIpc) is 2.79. The van der Waals surface area contributed by atoms with Gasteiger partial charge in [0.2, 0.25) is 5.95 Å². The summed E-state index contributed by atoms with van der Waals surface area (Å²) in [5.41, 5.74) is 0. The number of rotatable bonds is 3. The lowest BCUT2D eigenvalue weighted by Gasteiger charge is -2.33. The van der Waals surface area contributed by atoms with E-state index in [2.05, 4.69) is 47.1 Å². The summed E-state index contributed by atoms with van der Waals surface area (Å²) in [4.78, 5) is 16.5. The van der Waals surface area contributed by atoms with E-state index in [0.29, 0.717) is 0 Å². The van der Waals surface area contributed by atoms with Gasteiger partial charge in [-0.05, 0) is 27.0 Å². The maximum atomic E-state index is 4.74. The fourth-order valence-corrected chi connectivity index (χ4v) is 3.40. The third-order valence-corrected chi connectivity index (χ3v) is 4.58. The van der Waals surface area contributed by atoms with Gasteiger partial charge in [0, 0.05) is 37.6 Å². The summed E-state index contributed by atoms with van der Waals surface area (Å²) in [5, 5.41) is 4.44. The Labute approximate surface area is 123 Å². The summed E-state index contributed by atoms with van der Waals surface area (Å²) in [6.07, 6.45) is 0. The van der Waals surface area contributed by atoms with E-state index in [9.17, 15) is 0 Å². The van der Waals surface area contributed by atoms with Gasteiger partial charge < -0.3 is 15.1 Å². The number of aromatic nitrogens is 2. The molecule has 20 heavy (non-hydrogen) atoms. The van der Waals surface area contributed by atoms with Crippen LogP contribution in [0.15, 0.2) is 6.07 Å². The molecule has 108 valence electrons. The predicted octanol–water partition coefficient (Wildman–Crippen LogP) is 2.18. The molecule has 1 aliphatic heterocycles. The molecule has 1 saturated heterocycles. The Morgan fingerprint density at radius 3 is 2.70 bits per heavy atom. The summed E-state index contributed by atoms with van der Waals surface area (Å²) >= 11 is 1.74. The second-order valence-electron chi connectivity index (χ2n) is 5.27. The second kappa shape index (κ2) is 5.54. The van der Waals surface area contributed by atoms with Gasteiger partial charge in [0.25, 0.3) is 0 Å². The molecule has 6 heteroatoms. The van der Waals surface area contributed by atoms with Crippen molar-refractivity contribution in [3.63, 3.8) is 0 Å². The Kier molecular flexibility index (Phi) is 3.76. The number of fused-ring (bicyclic) bond motifs is 1. The Hall–Kier alpha value is -1.40. The SMILES string of the molecule is CCNc1nc(N2CCN(C)CC2)c2cc(C)sc2n1. The largest absolute Gasteiger partial charge is 0.354 e. The van der Waals surface area contributed by atoms with Crippen molar-refractivity contribution in [1.29, 1.82) is 0 Å². The summed E-state index contributed by atoms with van der Waals surface area (Å²) in [7, 11) is 2.17. The van der Waals surface area contributed by atoms with Gasteiger partial charge in [-0.2, -0.15) is 4.98 Å². The van der Waals surface area contributed by atoms with Crippen molar-refractivity contribution in [2.45, 2.75) is 13.8 Å². The predicted molar refractivity (Wildman–Crippen MR) is 86.0 cm³/mol. The minimum Gasteiger partial charge on any atom is -0.354 e. The van der Waals surface area contributed by atoms with Crippen molar-refractivity contribution in [3.8, 4) is 0 Å². The molecule has 1 N–H and O–H groups in total. The molecule has 2 aromatic heterocycles. The monoisotopic (exact) mass is 291 g/mol. The van der Waals surface area contributed by atoms with Crippen LogP contribution in [-0.2, 0) is 0 Å². The summed E-state index contributed by atoms with van der Waals surface area (Å²) in [6.45, 7) is 9.29. The van der Waals surface area contributed by atoms with Crippen LogP contribution in [0.4, 0.5) is 11.8 Å². The number of piperazine rings is 1. The molecule has 1 aliphatic rings. The topological polar surface area (TPSA) is 44.3 Å². The van der Waals surface area contributed by atoms with Crippen LogP contribution in [0, 0.1) is 6.92 Å². The molecular weight excluding hydrogens is 270 g/mol. The van der Waals surface area contributed by atoms with E-state index < -0.39 is 0 Å². The molecule has 0 saturated carbocycles. The van der Waals surface area contributed by atoms with Gasteiger partial charge in [-0.15, -0.1) is 11.3 Å². The van der Waals surface area contributed by atoms with Gasteiger partial charge in [-0.25, -0.2) is 4.98 Å². The highest BCUT2D eigenvalue weighted by molar-refractivity contribution is 7.18. The Morgan fingerprint density at radius 2 is 2.00 bits per heavy atom. The van der Waals surface area contributed by atoms with Gasteiger partial charge in [-0.1, -0.05) is 0 Å². The van der Waals surface area contributed by atoms with Crippen LogP contribution >= 0.6 is 11.3 Å². The standard InChI is InChI=1S/C14H21N5S/c1-4-15-14-16-12(19-7-5-18(3)6-8-19)11-9-10(2)20-13(11)17-14/h9H,4-8H2,1-3H3,(H,15,16,17). The van der Waals surface area contributed by atoms with Crippen molar-refractivity contribution in [3.05, 3.63) is 10.9 Å². The highest BCUT2D eigenvalue weighted by Gasteiger charge is 2.20. The molecular formula is C14H21N5S. The van der Waals surface area contributed by atoms with Crippen LogP contribution in [0.25, 0.3) is 10.2 Å². The first-order chi connectivity index (χ1) is 9.67. The minimum atomic E-state index is 0.746. The van der Waals surface area contributed by atoms with Gasteiger partial charge in [0.05, 0.1) is 5.39 Å². The number of hydrogen-bond donors (Lipinski definition) is 1. The summed E-state index contributed by atoms with van der Waals surface area (Å²) in [5.74, 6) is 1.83. The van der Waals surface area contributed by atoms with Gasteiger partial charge >= 0.3 is 0 Å². The molecule has 0 radical (unpaired) electrons. The lowest BCUT2D eigenvalue weighted by Crippen LogP contribution is -2.44. The zero-order valence-electron chi connectivity index (χ0n) is 12.3. The lowest BCUT2D eigenvalue weighted by molar-refractivity contribution is 0.312. The first-order valence-corrected chi connectivity index (χ1v) is 7.94. The van der Waals surface area contributed by atoms with Crippen LogP contribution in [0.3, 0.4) is 0 Å². The molecule has 1 fully saturated rings. The second-order valence-corrected chi connectivity index (χ2v) is 6.50. The lowest BCUT2D eigenvalue weighted by atomic mass is 10.2. The molecule has 0 atom stereocenters. The number of nitrogens with zero attached hydrogens (tertiary/aromatic N) is 4. The highest BCUT2D eigenvalue weighted by Crippen LogP contribution is 2.32. The summed E-state index contributed by atoms with van der Waals surface area (Å²) in [6, 6.07) is 2.21. The highest BCUT2D eigenvalue weighted by atomic mass is 32.1. The first-order valence-electron chi connectivity index (χ1n) is 7.13. The fourth-order valence-electron chi connectivity index (χ4n) is 2.52. The van der Waals surface area contributed by atoms with Crippen molar-refractivity contribution < 1.29 is 0 Å². The number of thiophene rings is 1. The third-order valence-electron chi connectivity index (χ3n) is 3.63. The number of likely N-dealkylation sites (N-methyl/N-ethyl adjacent to an activating group) is 1. The Morgan fingerprint density at radius 1 is 1.25 bits per heavy atom. The number of hydrogen-bond acceptors (Lipinski definition) is 6. The average molecular weight is 291 g/mol. The molecule has 3 rings (SSSR count). The van der Waals surface area contributed by atoms with Crippen molar-refractivity contribution in [2.24, 2.45) is 0 Å². The maximum absolute atomic E-state index is 4.74. The zero-order valence-corrected chi connectivity index (χ0v) is 13.1. The molecule has 0 aliphatic carbocycles. The van der Waals surface area contributed by atoms with Crippen LogP contribution in [0.5, 0.6) is 0 Å². The van der Waals surface area contributed by atoms with E-state index in [1.807, 2.05) is 0 Å². The normalized spacial score (nSPS) is 16.9. The minimum absolute atomic E-state index is 0.746.